The largest absolute Gasteiger partial charge is 0.433 e. The Morgan fingerprint density at radius 2 is 2.07 bits per heavy atom. The van der Waals surface area contributed by atoms with Gasteiger partial charge in [-0.25, -0.2) is 9.90 Å². The molecule has 0 aliphatic carbocycles. The molecule has 4 heteroatoms. The van der Waals surface area contributed by atoms with Gasteiger partial charge < -0.3 is 9.47 Å². The molecule has 0 saturated carbocycles. The zero-order valence-corrected chi connectivity index (χ0v) is 8.91. The maximum absolute atomic E-state index is 11.1. The zero-order chi connectivity index (χ0) is 11.1. The summed E-state index contributed by atoms with van der Waals surface area (Å²) in [5.41, 5.74) is 0.290. The molecule has 0 saturated heterocycles. The van der Waals surface area contributed by atoms with Crippen molar-refractivity contribution in [3.8, 4) is 0 Å². The van der Waals surface area contributed by atoms with E-state index in [2.05, 4.69) is 6.58 Å². The van der Waals surface area contributed by atoms with Crippen LogP contribution in [0.25, 0.3) is 0 Å². The van der Waals surface area contributed by atoms with Gasteiger partial charge in [0.1, 0.15) is 0 Å². The number of rotatable bonds is 6. The second kappa shape index (κ2) is 6.56. The highest BCUT2D eigenvalue weighted by Gasteiger charge is 2.14. The van der Waals surface area contributed by atoms with Crippen LogP contribution in [-0.2, 0) is 19.4 Å². The Kier molecular flexibility index (Phi) is 6.16. The average molecular weight is 201 g/mol. The van der Waals surface area contributed by atoms with Crippen molar-refractivity contribution in [3.05, 3.63) is 12.2 Å². The predicted octanol–water partition coefficient (Wildman–Crippen LogP) is 2.02. The number of hydrogen-bond donors (Lipinski definition) is 0. The van der Waals surface area contributed by atoms with Gasteiger partial charge in [-0.15, -0.1) is 0 Å². The van der Waals surface area contributed by atoms with Crippen molar-refractivity contribution in [1.29, 1.82) is 0 Å². The fraction of sp³-hybridized carbons (Fsp3) is 0.700. The van der Waals surface area contributed by atoms with Gasteiger partial charge >= 0.3 is 5.97 Å². The van der Waals surface area contributed by atoms with Gasteiger partial charge in [-0.2, -0.15) is 0 Å². The number of carbonyl (C=O) groups is 1. The van der Waals surface area contributed by atoms with Crippen LogP contribution in [0.5, 0.6) is 0 Å². The normalized spacial score (nSPS) is 14.6. The molecule has 0 aliphatic heterocycles. The lowest BCUT2D eigenvalue weighted by Gasteiger charge is -2.16. The van der Waals surface area contributed by atoms with Crippen molar-refractivity contribution in [3.63, 3.8) is 0 Å². The van der Waals surface area contributed by atoms with E-state index in [1.165, 1.54) is 13.8 Å². The first kappa shape index (κ1) is 13.1. The lowest BCUT2D eigenvalue weighted by Crippen LogP contribution is -2.23. The van der Waals surface area contributed by atoms with E-state index in [1.54, 1.807) is 0 Å². The molecular weight excluding hydrogens is 184 g/mol. The predicted molar refractivity (Wildman–Crippen MR) is 50.8 cm³/mol. The third-order valence-electron chi connectivity index (χ3n) is 1.49. The Bertz CT molecular complexity index is 200. The summed E-state index contributed by atoms with van der Waals surface area (Å²) in [6.45, 7) is 8.36. The first-order chi connectivity index (χ1) is 6.47. The third-order valence-corrected chi connectivity index (χ3v) is 1.49. The van der Waals surface area contributed by atoms with E-state index in [9.17, 15) is 9.90 Å². The summed E-state index contributed by atoms with van der Waals surface area (Å²) >= 11 is 0. The van der Waals surface area contributed by atoms with Gasteiger partial charge in [0.25, 0.3) is 0 Å². The quantitative estimate of drug-likeness (QED) is 0.375. The first-order valence-electron chi connectivity index (χ1n) is 4.65. The maximum Gasteiger partial charge on any atom is 0.335 e. The van der Waals surface area contributed by atoms with Crippen LogP contribution in [-0.4, -0.2) is 18.5 Å². The molecular formula is C10H17O4. The van der Waals surface area contributed by atoms with Crippen molar-refractivity contribution >= 4 is 5.97 Å². The molecule has 0 aromatic rings. The molecule has 2 atom stereocenters. The van der Waals surface area contributed by atoms with Crippen LogP contribution in [0.4, 0.5) is 0 Å². The van der Waals surface area contributed by atoms with Gasteiger partial charge in [0, 0.05) is 12.0 Å². The van der Waals surface area contributed by atoms with Crippen LogP contribution in [0.15, 0.2) is 12.2 Å². The molecule has 2 unspecified atom stereocenters. The van der Waals surface area contributed by atoms with E-state index in [1.807, 2.05) is 6.92 Å². The Morgan fingerprint density at radius 1 is 1.50 bits per heavy atom. The molecule has 0 bridgehead atoms. The number of ether oxygens (including phenoxy) is 2. The lowest BCUT2D eigenvalue weighted by atomic mass is 10.3. The summed E-state index contributed by atoms with van der Waals surface area (Å²) in [4.78, 5) is 11.0. The van der Waals surface area contributed by atoms with Gasteiger partial charge in [0.05, 0.1) is 0 Å². The number of hydrogen-bond acceptors (Lipinski definition) is 3. The standard InChI is InChI=1S/C10H17O4/c1-5-6-9(11)13-8(4)14-10(12)7(2)3/h8-9H,2,5-6H2,1,3-4H3. The Labute approximate surface area is 84.5 Å². The van der Waals surface area contributed by atoms with Gasteiger partial charge in [0.2, 0.25) is 6.29 Å². The first-order valence-corrected chi connectivity index (χ1v) is 4.65. The van der Waals surface area contributed by atoms with E-state index in [0.717, 1.165) is 6.42 Å². The molecule has 0 aromatic carbocycles. The second-order valence-electron chi connectivity index (χ2n) is 3.11. The Morgan fingerprint density at radius 3 is 2.50 bits per heavy atom. The highest BCUT2D eigenvalue weighted by molar-refractivity contribution is 5.86. The molecule has 0 fully saturated rings. The van der Waals surface area contributed by atoms with Crippen LogP contribution >= 0.6 is 0 Å². The van der Waals surface area contributed by atoms with Crippen LogP contribution < -0.4 is 0 Å². The van der Waals surface area contributed by atoms with E-state index < -0.39 is 18.5 Å². The third kappa shape index (κ3) is 5.72. The van der Waals surface area contributed by atoms with Crippen molar-refractivity contribution < 1.29 is 19.4 Å². The Hall–Kier alpha value is -0.870. The molecule has 4 nitrogen and oxygen atoms in total. The summed E-state index contributed by atoms with van der Waals surface area (Å²) in [7, 11) is 0. The maximum atomic E-state index is 11.1. The smallest absolute Gasteiger partial charge is 0.335 e. The van der Waals surface area contributed by atoms with Crippen LogP contribution in [0.1, 0.15) is 33.6 Å². The molecule has 0 amide bonds. The number of esters is 1. The van der Waals surface area contributed by atoms with Crippen LogP contribution in [0, 0.1) is 0 Å². The van der Waals surface area contributed by atoms with E-state index in [0.29, 0.717) is 12.0 Å². The van der Waals surface area contributed by atoms with Gasteiger partial charge in [-0.3, -0.25) is 0 Å². The SMILES string of the molecule is C=C(C)C(=O)OC(C)OC([O])CCC. The molecule has 0 aromatic heterocycles. The van der Waals surface area contributed by atoms with Crippen LogP contribution in [0.2, 0.25) is 0 Å². The summed E-state index contributed by atoms with van der Waals surface area (Å²) in [5, 5.41) is 11.1. The average Bonchev–Trinajstić information content (AvgIpc) is 2.03. The van der Waals surface area contributed by atoms with Crippen molar-refractivity contribution in [2.45, 2.75) is 46.2 Å². The summed E-state index contributed by atoms with van der Waals surface area (Å²) in [6.07, 6.45) is -0.786. The van der Waals surface area contributed by atoms with Crippen molar-refractivity contribution in [1.82, 2.24) is 0 Å². The van der Waals surface area contributed by atoms with Crippen LogP contribution in [0.3, 0.4) is 0 Å². The summed E-state index contributed by atoms with van der Waals surface area (Å²) < 4.78 is 9.64. The second-order valence-corrected chi connectivity index (χ2v) is 3.11. The fourth-order valence-corrected chi connectivity index (χ4v) is 0.797. The Balaban J connectivity index is 3.80. The molecule has 14 heavy (non-hydrogen) atoms. The van der Waals surface area contributed by atoms with E-state index >= 15 is 0 Å². The minimum absolute atomic E-state index is 0.290. The molecule has 0 spiro atoms. The highest BCUT2D eigenvalue weighted by atomic mass is 16.7. The minimum atomic E-state index is -1.13. The molecule has 0 heterocycles. The lowest BCUT2D eigenvalue weighted by molar-refractivity contribution is -0.236. The topological polar surface area (TPSA) is 55.4 Å². The number of carbonyl (C=O) groups excluding carboxylic acids is 1. The monoisotopic (exact) mass is 201 g/mol. The fourth-order valence-electron chi connectivity index (χ4n) is 0.797. The molecule has 0 rings (SSSR count). The van der Waals surface area contributed by atoms with E-state index in [4.69, 9.17) is 9.47 Å². The summed E-state index contributed by atoms with van der Waals surface area (Å²) in [5.74, 6) is -0.541. The van der Waals surface area contributed by atoms with Crippen molar-refractivity contribution in [2.75, 3.05) is 0 Å². The van der Waals surface area contributed by atoms with Gasteiger partial charge in [-0.1, -0.05) is 19.9 Å². The minimum Gasteiger partial charge on any atom is -0.433 e. The van der Waals surface area contributed by atoms with E-state index in [-0.39, 0.29) is 0 Å². The molecule has 0 N–H and O–H groups in total. The van der Waals surface area contributed by atoms with Gasteiger partial charge in [-0.05, 0) is 13.8 Å². The highest BCUT2D eigenvalue weighted by Crippen LogP contribution is 2.06. The molecule has 81 valence electrons. The zero-order valence-electron chi connectivity index (χ0n) is 8.91. The van der Waals surface area contributed by atoms with Crippen molar-refractivity contribution in [2.24, 2.45) is 0 Å². The molecule has 0 aliphatic rings. The molecule has 1 radical (unpaired) electrons. The van der Waals surface area contributed by atoms with Gasteiger partial charge in [0.15, 0.2) is 6.29 Å². The summed E-state index contributed by atoms with van der Waals surface area (Å²) in [6, 6.07) is 0.